The topological polar surface area (TPSA) is 21.3 Å². The second-order valence-electron chi connectivity index (χ2n) is 5.54. The number of nitrogens with one attached hydrogen (secondary N) is 1. The van der Waals surface area contributed by atoms with Crippen molar-refractivity contribution in [2.45, 2.75) is 51.6 Å². The van der Waals surface area contributed by atoms with Crippen molar-refractivity contribution in [1.82, 2.24) is 5.32 Å². The van der Waals surface area contributed by atoms with Gasteiger partial charge in [0.15, 0.2) is 11.6 Å². The van der Waals surface area contributed by atoms with E-state index in [1.165, 1.54) is 39.2 Å². The summed E-state index contributed by atoms with van der Waals surface area (Å²) in [5, 5.41) is 3.53. The summed E-state index contributed by atoms with van der Waals surface area (Å²) in [5.41, 5.74) is 0.973. The molecule has 0 amide bonds. The second kappa shape index (κ2) is 6.90. The SMILES string of the molecule is COc1ccc(CNC(C)C2CCCCC2)cc1F. The maximum Gasteiger partial charge on any atom is 0.165 e. The van der Waals surface area contributed by atoms with Gasteiger partial charge in [-0.25, -0.2) is 4.39 Å². The molecule has 0 aliphatic heterocycles. The van der Waals surface area contributed by atoms with Crippen LogP contribution in [0.25, 0.3) is 0 Å². The molecular formula is C16H24FNO. The minimum Gasteiger partial charge on any atom is -0.494 e. The van der Waals surface area contributed by atoms with Gasteiger partial charge in [0.2, 0.25) is 0 Å². The normalized spacial score (nSPS) is 18.3. The molecule has 1 atom stereocenters. The highest BCUT2D eigenvalue weighted by Gasteiger charge is 2.19. The van der Waals surface area contributed by atoms with Crippen LogP contribution >= 0.6 is 0 Å². The first-order valence-corrected chi connectivity index (χ1v) is 7.26. The summed E-state index contributed by atoms with van der Waals surface area (Å²) in [4.78, 5) is 0. The molecule has 0 aromatic heterocycles. The summed E-state index contributed by atoms with van der Waals surface area (Å²) in [6.45, 7) is 2.97. The third-order valence-electron chi connectivity index (χ3n) is 4.20. The van der Waals surface area contributed by atoms with Gasteiger partial charge in [-0.3, -0.25) is 0 Å². The second-order valence-corrected chi connectivity index (χ2v) is 5.54. The Labute approximate surface area is 115 Å². The van der Waals surface area contributed by atoms with Gasteiger partial charge in [-0.05, 0) is 43.4 Å². The highest BCUT2D eigenvalue weighted by molar-refractivity contribution is 5.29. The average Bonchev–Trinajstić information content (AvgIpc) is 2.46. The van der Waals surface area contributed by atoms with E-state index in [2.05, 4.69) is 12.2 Å². The smallest absolute Gasteiger partial charge is 0.165 e. The van der Waals surface area contributed by atoms with Gasteiger partial charge in [0.1, 0.15) is 0 Å². The molecule has 2 rings (SSSR count). The van der Waals surface area contributed by atoms with Crippen LogP contribution in [0.2, 0.25) is 0 Å². The fourth-order valence-electron chi connectivity index (χ4n) is 2.90. The van der Waals surface area contributed by atoms with Gasteiger partial charge in [0.25, 0.3) is 0 Å². The summed E-state index contributed by atoms with van der Waals surface area (Å²) in [6.07, 6.45) is 6.74. The maximum absolute atomic E-state index is 13.6. The molecule has 1 N–H and O–H groups in total. The molecule has 1 aromatic carbocycles. The lowest BCUT2D eigenvalue weighted by molar-refractivity contribution is 0.280. The predicted octanol–water partition coefficient (Wildman–Crippen LogP) is 3.89. The Balaban J connectivity index is 1.85. The van der Waals surface area contributed by atoms with Crippen molar-refractivity contribution in [3.63, 3.8) is 0 Å². The molecule has 0 radical (unpaired) electrons. The minimum absolute atomic E-state index is 0.285. The standard InChI is InChI=1S/C16H24FNO/c1-12(14-6-4-3-5-7-14)18-11-13-8-9-16(19-2)15(17)10-13/h8-10,12,14,18H,3-7,11H2,1-2H3. The molecule has 0 spiro atoms. The molecule has 3 heteroatoms. The van der Waals surface area contributed by atoms with Gasteiger partial charge in [-0.2, -0.15) is 0 Å². The van der Waals surface area contributed by atoms with E-state index in [0.717, 1.165) is 18.0 Å². The van der Waals surface area contributed by atoms with Crippen LogP contribution in [-0.4, -0.2) is 13.2 Å². The molecule has 1 aromatic rings. The van der Waals surface area contributed by atoms with E-state index in [1.54, 1.807) is 12.1 Å². The van der Waals surface area contributed by atoms with Gasteiger partial charge in [0, 0.05) is 12.6 Å². The molecule has 2 nitrogen and oxygen atoms in total. The quantitative estimate of drug-likeness (QED) is 0.872. The molecule has 19 heavy (non-hydrogen) atoms. The van der Waals surface area contributed by atoms with Crippen LogP contribution in [-0.2, 0) is 6.54 Å². The summed E-state index contributed by atoms with van der Waals surface area (Å²) in [5.74, 6) is 0.799. The number of hydrogen-bond acceptors (Lipinski definition) is 2. The van der Waals surface area contributed by atoms with Crippen molar-refractivity contribution in [3.05, 3.63) is 29.6 Å². The van der Waals surface area contributed by atoms with Crippen LogP contribution in [0.15, 0.2) is 18.2 Å². The van der Waals surface area contributed by atoms with Crippen molar-refractivity contribution in [3.8, 4) is 5.75 Å². The first-order valence-electron chi connectivity index (χ1n) is 7.26. The van der Waals surface area contributed by atoms with E-state index in [0.29, 0.717) is 11.8 Å². The van der Waals surface area contributed by atoms with Gasteiger partial charge in [-0.15, -0.1) is 0 Å². The van der Waals surface area contributed by atoms with E-state index in [4.69, 9.17) is 4.74 Å². The Morgan fingerprint density at radius 2 is 2.05 bits per heavy atom. The molecule has 0 saturated heterocycles. The van der Waals surface area contributed by atoms with Crippen molar-refractivity contribution < 1.29 is 9.13 Å². The largest absolute Gasteiger partial charge is 0.494 e. The van der Waals surface area contributed by atoms with Crippen LogP contribution in [0.3, 0.4) is 0 Å². The Morgan fingerprint density at radius 3 is 2.68 bits per heavy atom. The molecule has 1 unspecified atom stereocenters. The number of methoxy groups -OCH3 is 1. The van der Waals surface area contributed by atoms with E-state index in [-0.39, 0.29) is 5.82 Å². The summed E-state index contributed by atoms with van der Waals surface area (Å²) in [6, 6.07) is 5.67. The molecular weight excluding hydrogens is 241 g/mol. The lowest BCUT2D eigenvalue weighted by Crippen LogP contribution is -2.34. The Bertz CT molecular complexity index is 402. The molecule has 1 saturated carbocycles. The maximum atomic E-state index is 13.6. The lowest BCUT2D eigenvalue weighted by Gasteiger charge is -2.28. The predicted molar refractivity (Wildman–Crippen MR) is 75.8 cm³/mol. The number of ether oxygens (including phenoxy) is 1. The van der Waals surface area contributed by atoms with E-state index in [9.17, 15) is 4.39 Å². The summed E-state index contributed by atoms with van der Waals surface area (Å²) in [7, 11) is 1.49. The number of halogens is 1. The average molecular weight is 265 g/mol. The fourth-order valence-corrected chi connectivity index (χ4v) is 2.90. The number of benzene rings is 1. The van der Waals surface area contributed by atoms with Crippen LogP contribution in [0.1, 0.15) is 44.6 Å². The van der Waals surface area contributed by atoms with Crippen molar-refractivity contribution in [2.24, 2.45) is 5.92 Å². The molecule has 0 heterocycles. The van der Waals surface area contributed by atoms with E-state index < -0.39 is 0 Å². The first kappa shape index (κ1) is 14.3. The lowest BCUT2D eigenvalue weighted by atomic mass is 9.84. The van der Waals surface area contributed by atoms with E-state index in [1.807, 2.05) is 6.07 Å². The van der Waals surface area contributed by atoms with Gasteiger partial charge in [-0.1, -0.05) is 25.3 Å². The zero-order valence-electron chi connectivity index (χ0n) is 11.9. The third kappa shape index (κ3) is 3.93. The highest BCUT2D eigenvalue weighted by atomic mass is 19.1. The Kier molecular flexibility index (Phi) is 5.20. The Morgan fingerprint density at radius 1 is 1.32 bits per heavy atom. The molecule has 0 bridgehead atoms. The van der Waals surface area contributed by atoms with Crippen LogP contribution in [0.4, 0.5) is 4.39 Å². The van der Waals surface area contributed by atoms with Crippen molar-refractivity contribution >= 4 is 0 Å². The summed E-state index contributed by atoms with van der Waals surface area (Å²) >= 11 is 0. The van der Waals surface area contributed by atoms with Gasteiger partial charge >= 0.3 is 0 Å². The first-order chi connectivity index (χ1) is 9.20. The third-order valence-corrected chi connectivity index (χ3v) is 4.20. The van der Waals surface area contributed by atoms with Crippen molar-refractivity contribution in [2.75, 3.05) is 7.11 Å². The highest BCUT2D eigenvalue weighted by Crippen LogP contribution is 2.26. The molecule has 1 fully saturated rings. The van der Waals surface area contributed by atoms with Crippen LogP contribution < -0.4 is 10.1 Å². The van der Waals surface area contributed by atoms with Gasteiger partial charge < -0.3 is 10.1 Å². The van der Waals surface area contributed by atoms with Crippen molar-refractivity contribution in [1.29, 1.82) is 0 Å². The zero-order chi connectivity index (χ0) is 13.7. The molecule has 106 valence electrons. The fraction of sp³-hybridized carbons (Fsp3) is 0.625. The van der Waals surface area contributed by atoms with Gasteiger partial charge in [0.05, 0.1) is 7.11 Å². The van der Waals surface area contributed by atoms with E-state index >= 15 is 0 Å². The van der Waals surface area contributed by atoms with Crippen LogP contribution in [0.5, 0.6) is 5.75 Å². The zero-order valence-corrected chi connectivity index (χ0v) is 11.9. The van der Waals surface area contributed by atoms with Crippen LogP contribution in [0, 0.1) is 11.7 Å². The number of hydrogen-bond donors (Lipinski definition) is 1. The molecule has 1 aliphatic carbocycles. The Hall–Kier alpha value is -1.09. The minimum atomic E-state index is -0.285. The number of rotatable bonds is 5. The molecule has 1 aliphatic rings. The monoisotopic (exact) mass is 265 g/mol. The summed E-state index contributed by atoms with van der Waals surface area (Å²) < 4.78 is 18.5.